The van der Waals surface area contributed by atoms with Gasteiger partial charge in [0.05, 0.1) is 11.0 Å². The van der Waals surface area contributed by atoms with E-state index in [0.717, 1.165) is 25.1 Å². The Bertz CT molecular complexity index is 717. The van der Waals surface area contributed by atoms with Crippen molar-refractivity contribution in [1.82, 2.24) is 4.72 Å². The van der Waals surface area contributed by atoms with E-state index >= 15 is 0 Å². The molecule has 0 aromatic heterocycles. The molecule has 0 fully saturated rings. The molecule has 23 heavy (non-hydrogen) atoms. The predicted octanol–water partition coefficient (Wildman–Crippen LogP) is 1.50. The molecule has 8 nitrogen and oxygen atoms in total. The average Bonchev–Trinajstić information content (AvgIpc) is 2.38. The minimum Gasteiger partial charge on any atom is -0.426 e. The van der Waals surface area contributed by atoms with Gasteiger partial charge in [0.15, 0.2) is 0 Å². The van der Waals surface area contributed by atoms with Crippen LogP contribution in [0.4, 0.5) is 18.9 Å². The van der Waals surface area contributed by atoms with Gasteiger partial charge >= 0.3 is 21.5 Å². The summed E-state index contributed by atoms with van der Waals surface area (Å²) in [5.74, 6) is -1.01. The Morgan fingerprint density at radius 1 is 1.39 bits per heavy atom. The number of rotatable bonds is 6. The summed E-state index contributed by atoms with van der Waals surface area (Å²) in [5, 5.41) is 10.7. The first kappa shape index (κ1) is 18.8. The number of ether oxygens (including phenoxy) is 1. The fourth-order valence-corrected chi connectivity index (χ4v) is 2.05. The van der Waals surface area contributed by atoms with Crippen molar-refractivity contribution in [2.45, 2.75) is 18.9 Å². The van der Waals surface area contributed by atoms with E-state index in [1.54, 1.807) is 0 Å². The normalized spacial score (nSPS) is 12.0. The van der Waals surface area contributed by atoms with E-state index < -0.39 is 33.0 Å². The van der Waals surface area contributed by atoms with Gasteiger partial charge < -0.3 is 4.74 Å². The fraction of sp³-hybridized carbons (Fsp3) is 0.364. The second kappa shape index (κ2) is 6.91. The first-order valence-electron chi connectivity index (χ1n) is 5.95. The highest BCUT2D eigenvalue weighted by Crippen LogP contribution is 2.26. The van der Waals surface area contributed by atoms with Gasteiger partial charge in [-0.05, 0) is 18.1 Å². The largest absolute Gasteiger partial charge is 0.511 e. The number of hydrogen-bond acceptors (Lipinski definition) is 6. The van der Waals surface area contributed by atoms with E-state index in [2.05, 4.69) is 0 Å². The van der Waals surface area contributed by atoms with Gasteiger partial charge in [0.1, 0.15) is 5.75 Å². The molecule has 0 unspecified atom stereocenters. The number of nitrogens with one attached hydrogen (secondary N) is 1. The summed E-state index contributed by atoms with van der Waals surface area (Å²) in [6, 6.07) is 3.15. The lowest BCUT2D eigenvalue weighted by Crippen LogP contribution is -2.37. The zero-order chi connectivity index (χ0) is 17.8. The van der Waals surface area contributed by atoms with E-state index in [0.29, 0.717) is 0 Å². The quantitative estimate of drug-likeness (QED) is 0.357. The van der Waals surface area contributed by atoms with Crippen LogP contribution in [0.15, 0.2) is 18.2 Å². The number of nitro benzene ring substituents is 1. The van der Waals surface area contributed by atoms with Crippen LogP contribution in [0.3, 0.4) is 0 Å². The zero-order valence-corrected chi connectivity index (χ0v) is 12.4. The SMILES string of the molecule is CC(=O)Oc1cc([N+](=O)[O-])ccc1CCNS(=O)(=O)C(F)(F)F. The van der Waals surface area contributed by atoms with Crippen molar-refractivity contribution in [3.63, 3.8) is 0 Å². The van der Waals surface area contributed by atoms with Crippen molar-refractivity contribution < 1.29 is 36.0 Å². The monoisotopic (exact) mass is 356 g/mol. The number of nitro groups is 1. The number of benzene rings is 1. The number of carbonyl (C=O) groups is 1. The highest BCUT2D eigenvalue weighted by atomic mass is 32.2. The van der Waals surface area contributed by atoms with Crippen LogP contribution in [0.25, 0.3) is 0 Å². The summed E-state index contributed by atoms with van der Waals surface area (Å²) in [5.41, 5.74) is -5.70. The Morgan fingerprint density at radius 3 is 2.48 bits per heavy atom. The third kappa shape index (κ3) is 5.17. The molecule has 0 saturated heterocycles. The number of nitrogens with zero attached hydrogens (tertiary/aromatic N) is 1. The number of non-ortho nitro benzene ring substituents is 1. The summed E-state index contributed by atoms with van der Waals surface area (Å²) in [6.45, 7) is 0.406. The number of esters is 1. The van der Waals surface area contributed by atoms with Crippen molar-refractivity contribution in [3.05, 3.63) is 33.9 Å². The van der Waals surface area contributed by atoms with Gasteiger partial charge in [-0.1, -0.05) is 0 Å². The Morgan fingerprint density at radius 2 is 2.00 bits per heavy atom. The molecule has 1 N–H and O–H groups in total. The molecule has 0 amide bonds. The summed E-state index contributed by atoms with van der Waals surface area (Å²) < 4.78 is 64.2. The number of halogens is 3. The van der Waals surface area contributed by atoms with Gasteiger partial charge in [0, 0.05) is 19.5 Å². The van der Waals surface area contributed by atoms with Gasteiger partial charge in [0.2, 0.25) is 0 Å². The van der Waals surface area contributed by atoms with Gasteiger partial charge in [-0.3, -0.25) is 14.9 Å². The summed E-state index contributed by atoms with van der Waals surface area (Å²) >= 11 is 0. The Labute approximate surface area is 128 Å². The van der Waals surface area contributed by atoms with Gasteiger partial charge in [-0.2, -0.15) is 13.2 Å². The standard InChI is InChI=1S/C11H11F3N2O6S/c1-7(17)22-10-6-9(16(18)19)3-2-8(10)4-5-15-23(20,21)11(12,13)14/h2-3,6,15H,4-5H2,1H3. The molecule has 1 aromatic rings. The lowest BCUT2D eigenvalue weighted by molar-refractivity contribution is -0.384. The molecule has 1 rings (SSSR count). The minimum absolute atomic E-state index is 0.135. The van der Waals surface area contributed by atoms with Gasteiger partial charge in [-0.25, -0.2) is 13.1 Å². The fourth-order valence-electron chi connectivity index (χ4n) is 1.52. The summed E-state index contributed by atoms with van der Waals surface area (Å²) in [7, 11) is -5.49. The van der Waals surface area contributed by atoms with E-state index in [4.69, 9.17) is 4.74 Å². The van der Waals surface area contributed by atoms with E-state index in [1.165, 1.54) is 4.72 Å². The molecule has 0 radical (unpaired) electrons. The zero-order valence-electron chi connectivity index (χ0n) is 11.6. The number of carbonyl (C=O) groups excluding carboxylic acids is 1. The molecule has 0 spiro atoms. The van der Waals surface area contributed by atoms with Crippen LogP contribution in [-0.4, -0.2) is 31.4 Å². The molecule has 12 heteroatoms. The van der Waals surface area contributed by atoms with Crippen LogP contribution in [0.5, 0.6) is 5.75 Å². The number of alkyl halides is 3. The Balaban J connectivity index is 2.92. The van der Waals surface area contributed by atoms with Crippen LogP contribution >= 0.6 is 0 Å². The molecule has 0 aliphatic heterocycles. The molecular formula is C11H11F3N2O6S. The van der Waals surface area contributed by atoms with E-state index in [-0.39, 0.29) is 23.4 Å². The van der Waals surface area contributed by atoms with Crippen LogP contribution in [0.1, 0.15) is 12.5 Å². The van der Waals surface area contributed by atoms with Crippen LogP contribution in [0, 0.1) is 10.1 Å². The Hall–Kier alpha value is -2.21. The van der Waals surface area contributed by atoms with Crippen molar-refractivity contribution in [2.75, 3.05) is 6.54 Å². The lowest BCUT2D eigenvalue weighted by Gasteiger charge is -2.11. The molecule has 1 aromatic carbocycles. The first-order valence-corrected chi connectivity index (χ1v) is 7.44. The van der Waals surface area contributed by atoms with Crippen molar-refractivity contribution in [1.29, 1.82) is 0 Å². The predicted molar refractivity (Wildman–Crippen MR) is 71.1 cm³/mol. The smallest absolute Gasteiger partial charge is 0.426 e. The molecule has 0 atom stereocenters. The molecule has 0 aliphatic rings. The number of sulfonamides is 1. The molecular weight excluding hydrogens is 345 g/mol. The maximum Gasteiger partial charge on any atom is 0.511 e. The molecule has 128 valence electrons. The van der Waals surface area contributed by atoms with Gasteiger partial charge in [-0.15, -0.1) is 0 Å². The van der Waals surface area contributed by atoms with Crippen molar-refractivity contribution in [3.8, 4) is 5.75 Å². The van der Waals surface area contributed by atoms with Crippen molar-refractivity contribution in [2.24, 2.45) is 0 Å². The highest BCUT2D eigenvalue weighted by Gasteiger charge is 2.45. The second-order valence-electron chi connectivity index (χ2n) is 4.24. The molecule has 0 aliphatic carbocycles. The molecule has 0 heterocycles. The topological polar surface area (TPSA) is 116 Å². The van der Waals surface area contributed by atoms with Crippen LogP contribution in [-0.2, 0) is 21.2 Å². The van der Waals surface area contributed by atoms with E-state index in [9.17, 15) is 36.5 Å². The maximum absolute atomic E-state index is 12.2. The third-order valence-corrected chi connectivity index (χ3v) is 3.70. The van der Waals surface area contributed by atoms with Crippen LogP contribution < -0.4 is 9.46 Å². The first-order chi connectivity index (χ1) is 10.4. The summed E-state index contributed by atoms with van der Waals surface area (Å²) in [4.78, 5) is 20.9. The minimum atomic E-state index is -5.49. The van der Waals surface area contributed by atoms with Crippen LogP contribution in [0.2, 0.25) is 0 Å². The lowest BCUT2D eigenvalue weighted by atomic mass is 10.1. The number of hydrogen-bond donors (Lipinski definition) is 1. The summed E-state index contributed by atoms with van der Waals surface area (Å²) in [6.07, 6.45) is -0.268. The van der Waals surface area contributed by atoms with Crippen molar-refractivity contribution >= 4 is 21.7 Å². The molecule has 0 bridgehead atoms. The maximum atomic E-state index is 12.2. The third-order valence-electron chi connectivity index (χ3n) is 2.51. The second-order valence-corrected chi connectivity index (χ2v) is 5.99. The van der Waals surface area contributed by atoms with Gasteiger partial charge in [0.25, 0.3) is 5.69 Å². The van der Waals surface area contributed by atoms with E-state index in [1.807, 2.05) is 0 Å². The molecule has 0 saturated carbocycles. The average molecular weight is 356 g/mol. The highest BCUT2D eigenvalue weighted by molar-refractivity contribution is 7.90. The Kier molecular flexibility index (Phi) is 5.66.